The Bertz CT molecular complexity index is 948. The zero-order valence-electron chi connectivity index (χ0n) is 44.3. The Balaban J connectivity index is 3.31. The fourth-order valence-electron chi connectivity index (χ4n) is 9.32. The molecule has 0 aromatic heterocycles. The Morgan fingerprint density at radius 1 is 0.338 bits per heavy atom. The van der Waals surface area contributed by atoms with Crippen LogP contribution in [0.2, 0.25) is 0 Å². The molecule has 0 spiro atoms. The van der Waals surface area contributed by atoms with Gasteiger partial charge in [-0.05, 0) is 38.5 Å². The van der Waals surface area contributed by atoms with Crippen molar-refractivity contribution in [3.63, 3.8) is 0 Å². The zero-order valence-corrected chi connectivity index (χ0v) is 44.3. The standard InChI is InChI=1S/C60H116O5/c1-3-5-7-9-11-13-15-17-18-19-20-21-22-23-24-25-26-27-28-29-30-31-32-33-34-35-36-37-38-39-40-41-42-43-45-46-48-50-52-54-59(62)64-57-58(56-61)65-60(63)55-53-51-49-47-44-16-14-12-10-8-6-4-2/h12,14,58,61H,3-11,13,15-57H2,1-2H3/b14-12-. The van der Waals surface area contributed by atoms with Gasteiger partial charge in [-0.1, -0.05) is 302 Å². The largest absolute Gasteiger partial charge is 0.462 e. The monoisotopic (exact) mass is 917 g/mol. The summed E-state index contributed by atoms with van der Waals surface area (Å²) in [5.41, 5.74) is 0. The molecule has 0 aliphatic rings. The van der Waals surface area contributed by atoms with Crippen LogP contribution in [0.3, 0.4) is 0 Å². The molecule has 65 heavy (non-hydrogen) atoms. The van der Waals surface area contributed by atoms with Crippen molar-refractivity contribution in [1.82, 2.24) is 0 Å². The lowest BCUT2D eigenvalue weighted by Crippen LogP contribution is -2.28. The van der Waals surface area contributed by atoms with Gasteiger partial charge in [-0.25, -0.2) is 0 Å². The smallest absolute Gasteiger partial charge is 0.306 e. The first-order valence-corrected chi connectivity index (χ1v) is 29.7. The van der Waals surface area contributed by atoms with E-state index in [0.29, 0.717) is 12.8 Å². The number of aliphatic hydroxyl groups excluding tert-OH is 1. The van der Waals surface area contributed by atoms with Gasteiger partial charge < -0.3 is 14.6 Å². The van der Waals surface area contributed by atoms with Crippen LogP contribution in [0.4, 0.5) is 0 Å². The second-order valence-electron chi connectivity index (χ2n) is 20.4. The van der Waals surface area contributed by atoms with E-state index in [1.807, 2.05) is 0 Å². The Labute approximate surface area is 407 Å². The lowest BCUT2D eigenvalue weighted by atomic mass is 10.0. The maximum atomic E-state index is 12.2. The molecule has 0 aromatic rings. The summed E-state index contributed by atoms with van der Waals surface area (Å²) in [4.78, 5) is 24.4. The van der Waals surface area contributed by atoms with E-state index in [2.05, 4.69) is 26.0 Å². The number of hydrogen-bond acceptors (Lipinski definition) is 5. The first-order chi connectivity index (χ1) is 32.1. The first kappa shape index (κ1) is 63.6. The summed E-state index contributed by atoms with van der Waals surface area (Å²) >= 11 is 0. The third-order valence-corrected chi connectivity index (χ3v) is 13.8. The van der Waals surface area contributed by atoms with Crippen LogP contribution >= 0.6 is 0 Å². The number of carbonyl (C=O) groups is 2. The molecule has 5 nitrogen and oxygen atoms in total. The van der Waals surface area contributed by atoms with Gasteiger partial charge in [0.05, 0.1) is 6.61 Å². The van der Waals surface area contributed by atoms with E-state index in [-0.39, 0.29) is 25.2 Å². The topological polar surface area (TPSA) is 72.8 Å². The number of esters is 2. The molecule has 0 aliphatic carbocycles. The number of rotatable bonds is 56. The molecule has 0 amide bonds. The molecule has 1 atom stereocenters. The minimum absolute atomic E-state index is 0.0627. The lowest BCUT2D eigenvalue weighted by Gasteiger charge is -2.15. The van der Waals surface area contributed by atoms with Crippen molar-refractivity contribution in [1.29, 1.82) is 0 Å². The van der Waals surface area contributed by atoms with Crippen LogP contribution in [0.5, 0.6) is 0 Å². The zero-order chi connectivity index (χ0) is 47.0. The van der Waals surface area contributed by atoms with Gasteiger partial charge in [0.25, 0.3) is 0 Å². The van der Waals surface area contributed by atoms with Crippen LogP contribution in [0.1, 0.15) is 341 Å². The number of ether oxygens (including phenoxy) is 2. The molecule has 0 radical (unpaired) electrons. The van der Waals surface area contributed by atoms with Gasteiger partial charge >= 0.3 is 11.9 Å². The highest BCUT2D eigenvalue weighted by atomic mass is 16.6. The average Bonchev–Trinajstić information content (AvgIpc) is 3.31. The van der Waals surface area contributed by atoms with Gasteiger partial charge in [0.15, 0.2) is 6.10 Å². The molecule has 0 heterocycles. The molecule has 0 saturated carbocycles. The van der Waals surface area contributed by atoms with Crippen LogP contribution in [-0.4, -0.2) is 36.4 Å². The maximum absolute atomic E-state index is 12.2. The number of carbonyl (C=O) groups excluding carboxylic acids is 2. The molecular formula is C60H116O5. The van der Waals surface area contributed by atoms with E-state index in [1.54, 1.807) is 0 Å². The molecule has 5 heteroatoms. The fraction of sp³-hybridized carbons (Fsp3) is 0.933. The Morgan fingerprint density at radius 2 is 0.569 bits per heavy atom. The van der Waals surface area contributed by atoms with E-state index >= 15 is 0 Å². The maximum Gasteiger partial charge on any atom is 0.306 e. The number of aliphatic hydroxyl groups is 1. The van der Waals surface area contributed by atoms with Crippen LogP contribution in [0.15, 0.2) is 12.2 Å². The predicted molar refractivity (Wildman–Crippen MR) is 284 cm³/mol. The van der Waals surface area contributed by atoms with Gasteiger partial charge in [0.1, 0.15) is 6.61 Å². The average molecular weight is 918 g/mol. The third-order valence-electron chi connectivity index (χ3n) is 13.8. The van der Waals surface area contributed by atoms with Crippen molar-refractivity contribution < 1.29 is 24.2 Å². The van der Waals surface area contributed by atoms with Gasteiger partial charge in [0, 0.05) is 12.8 Å². The summed E-state index contributed by atoms with van der Waals surface area (Å²) in [5.74, 6) is -0.584. The molecule has 1 N–H and O–H groups in total. The Hall–Kier alpha value is -1.36. The van der Waals surface area contributed by atoms with E-state index in [1.165, 1.54) is 276 Å². The normalized spacial score (nSPS) is 12.1. The molecule has 1 unspecified atom stereocenters. The second kappa shape index (κ2) is 57.0. The van der Waals surface area contributed by atoms with E-state index in [9.17, 15) is 14.7 Å². The second-order valence-corrected chi connectivity index (χ2v) is 20.4. The van der Waals surface area contributed by atoms with Crippen LogP contribution in [-0.2, 0) is 19.1 Å². The van der Waals surface area contributed by atoms with Gasteiger partial charge in [0.2, 0.25) is 0 Å². The first-order valence-electron chi connectivity index (χ1n) is 29.7. The Morgan fingerprint density at radius 3 is 0.862 bits per heavy atom. The van der Waals surface area contributed by atoms with Crippen molar-refractivity contribution in [3.05, 3.63) is 12.2 Å². The van der Waals surface area contributed by atoms with Crippen molar-refractivity contribution >= 4 is 11.9 Å². The third kappa shape index (κ3) is 55.1. The van der Waals surface area contributed by atoms with E-state index < -0.39 is 6.10 Å². The quantitative estimate of drug-likeness (QED) is 0.0374. The molecular weight excluding hydrogens is 801 g/mol. The summed E-state index contributed by atoms with van der Waals surface area (Å²) in [6, 6.07) is 0. The number of hydrogen-bond donors (Lipinski definition) is 1. The summed E-state index contributed by atoms with van der Waals surface area (Å²) < 4.78 is 10.7. The summed E-state index contributed by atoms with van der Waals surface area (Å²) in [5, 5.41) is 9.60. The highest BCUT2D eigenvalue weighted by Gasteiger charge is 2.16. The predicted octanol–water partition coefficient (Wildman–Crippen LogP) is 19.9. The SMILES string of the molecule is CCCCC/C=C\CCCCCCCC(=O)OC(CO)COC(=O)CCCCCCCCCCCCCCCCCCCCCCCCCCCCCCCCCCCCCCCCC. The van der Waals surface area contributed by atoms with Gasteiger partial charge in [-0.15, -0.1) is 0 Å². The fourth-order valence-corrected chi connectivity index (χ4v) is 9.32. The van der Waals surface area contributed by atoms with Gasteiger partial charge in [-0.2, -0.15) is 0 Å². The highest BCUT2D eigenvalue weighted by Crippen LogP contribution is 2.18. The Kier molecular flexibility index (Phi) is 55.8. The van der Waals surface area contributed by atoms with E-state index in [0.717, 1.165) is 38.5 Å². The molecule has 0 rings (SSSR count). The molecule has 0 fully saturated rings. The molecule has 0 bridgehead atoms. The molecule has 0 aliphatic heterocycles. The van der Waals surface area contributed by atoms with Crippen molar-refractivity contribution in [2.24, 2.45) is 0 Å². The van der Waals surface area contributed by atoms with Crippen molar-refractivity contribution in [2.45, 2.75) is 347 Å². The number of allylic oxidation sites excluding steroid dienone is 2. The molecule has 0 aromatic carbocycles. The van der Waals surface area contributed by atoms with Crippen molar-refractivity contribution in [3.8, 4) is 0 Å². The van der Waals surface area contributed by atoms with Gasteiger partial charge in [-0.3, -0.25) is 9.59 Å². The minimum atomic E-state index is -0.770. The molecule has 386 valence electrons. The van der Waals surface area contributed by atoms with E-state index in [4.69, 9.17) is 9.47 Å². The summed E-state index contributed by atoms with van der Waals surface area (Å²) in [6.07, 6.45) is 71.0. The lowest BCUT2D eigenvalue weighted by molar-refractivity contribution is -0.161. The van der Waals surface area contributed by atoms with Crippen LogP contribution in [0, 0.1) is 0 Å². The van der Waals surface area contributed by atoms with Crippen LogP contribution in [0.25, 0.3) is 0 Å². The summed E-state index contributed by atoms with van der Waals surface area (Å²) in [6.45, 7) is 4.15. The minimum Gasteiger partial charge on any atom is -0.462 e. The highest BCUT2D eigenvalue weighted by molar-refractivity contribution is 5.70. The number of unbranched alkanes of at least 4 members (excludes halogenated alkanes) is 46. The summed E-state index contributed by atoms with van der Waals surface area (Å²) in [7, 11) is 0. The van der Waals surface area contributed by atoms with Crippen molar-refractivity contribution in [2.75, 3.05) is 13.2 Å². The molecule has 0 saturated heterocycles. The van der Waals surface area contributed by atoms with Crippen LogP contribution < -0.4 is 0 Å².